The molecule has 3 rings (SSSR count). The van der Waals surface area contributed by atoms with E-state index >= 15 is 0 Å². The highest BCUT2D eigenvalue weighted by atomic mass is 16.5. The highest BCUT2D eigenvalue weighted by Gasteiger charge is 2.25. The van der Waals surface area contributed by atoms with Crippen molar-refractivity contribution in [1.82, 2.24) is 19.6 Å². The molecule has 0 N–H and O–H groups in total. The van der Waals surface area contributed by atoms with Crippen LogP contribution in [0.25, 0.3) is 0 Å². The lowest BCUT2D eigenvalue weighted by molar-refractivity contribution is -0.0266. The van der Waals surface area contributed by atoms with Crippen LogP contribution in [0.4, 0.5) is 5.82 Å². The molecule has 0 aromatic carbocycles. The number of anilines is 1. The Hall–Kier alpha value is -2.19. The molecule has 1 atom stereocenters. The van der Waals surface area contributed by atoms with Crippen LogP contribution in [0.5, 0.6) is 0 Å². The molecule has 0 spiro atoms. The van der Waals surface area contributed by atoms with Gasteiger partial charge in [-0.2, -0.15) is 0 Å². The van der Waals surface area contributed by atoms with Gasteiger partial charge in [-0.1, -0.05) is 12.1 Å². The third-order valence-electron chi connectivity index (χ3n) is 4.84. The summed E-state index contributed by atoms with van der Waals surface area (Å²) < 4.78 is 12.8. The Balaban J connectivity index is 1.64. The van der Waals surface area contributed by atoms with Gasteiger partial charge in [-0.25, -0.2) is 4.98 Å². The molecular formula is C18H27N5O3. The zero-order valence-corrected chi connectivity index (χ0v) is 15.9. The molecule has 142 valence electrons. The predicted octanol–water partition coefficient (Wildman–Crippen LogP) is 0.976. The van der Waals surface area contributed by atoms with Crippen molar-refractivity contribution >= 4 is 5.82 Å². The molecule has 0 bridgehead atoms. The second kappa shape index (κ2) is 8.01. The quantitative estimate of drug-likeness (QED) is 0.759. The molecule has 0 unspecified atom stereocenters. The molecule has 8 heteroatoms. The fourth-order valence-corrected chi connectivity index (χ4v) is 3.31. The summed E-state index contributed by atoms with van der Waals surface area (Å²) in [6.07, 6.45) is 4.19. The SMILES string of the molecule is CCc1noc(C)c1CN1CCO[C@H](CN(C)c2nccn(C)c2=O)C1. The molecule has 0 aliphatic carbocycles. The Labute approximate surface area is 153 Å². The van der Waals surface area contributed by atoms with Crippen LogP contribution >= 0.6 is 0 Å². The van der Waals surface area contributed by atoms with Crippen molar-refractivity contribution in [3.05, 3.63) is 39.8 Å². The van der Waals surface area contributed by atoms with Gasteiger partial charge in [0.15, 0.2) is 5.82 Å². The molecule has 1 aliphatic heterocycles. The van der Waals surface area contributed by atoms with Crippen molar-refractivity contribution in [1.29, 1.82) is 0 Å². The van der Waals surface area contributed by atoms with E-state index in [1.165, 1.54) is 10.1 Å². The molecule has 8 nitrogen and oxygen atoms in total. The van der Waals surface area contributed by atoms with Gasteiger partial charge in [0.05, 0.1) is 18.4 Å². The Morgan fingerprint density at radius 1 is 1.42 bits per heavy atom. The van der Waals surface area contributed by atoms with Gasteiger partial charge in [-0.3, -0.25) is 9.69 Å². The van der Waals surface area contributed by atoms with Crippen molar-refractivity contribution in [2.75, 3.05) is 38.2 Å². The van der Waals surface area contributed by atoms with Gasteiger partial charge >= 0.3 is 0 Å². The van der Waals surface area contributed by atoms with E-state index in [1.807, 2.05) is 18.9 Å². The van der Waals surface area contributed by atoms with Gasteiger partial charge in [0.2, 0.25) is 0 Å². The first-order chi connectivity index (χ1) is 12.5. The fourth-order valence-electron chi connectivity index (χ4n) is 3.31. The maximum Gasteiger partial charge on any atom is 0.293 e. The van der Waals surface area contributed by atoms with E-state index in [4.69, 9.17) is 9.26 Å². The minimum atomic E-state index is -0.102. The molecule has 1 saturated heterocycles. The summed E-state index contributed by atoms with van der Waals surface area (Å²) in [5.74, 6) is 1.33. The third-order valence-corrected chi connectivity index (χ3v) is 4.84. The summed E-state index contributed by atoms with van der Waals surface area (Å²) in [5, 5.41) is 4.14. The summed E-state index contributed by atoms with van der Waals surface area (Å²) in [4.78, 5) is 20.7. The standard InChI is InChI=1S/C18H27N5O3/c1-5-16-15(13(2)26-20-16)12-23-8-9-25-14(11-23)10-22(4)17-18(24)21(3)7-6-19-17/h6-7,14H,5,8-12H2,1-4H3/t14-/m1/s1. The Bertz CT molecular complexity index is 800. The topological polar surface area (TPSA) is 76.6 Å². The molecular weight excluding hydrogens is 334 g/mol. The van der Waals surface area contributed by atoms with E-state index in [1.54, 1.807) is 19.4 Å². The van der Waals surface area contributed by atoms with Crippen LogP contribution in [-0.2, 0) is 24.8 Å². The summed E-state index contributed by atoms with van der Waals surface area (Å²) in [5.41, 5.74) is 2.11. The van der Waals surface area contributed by atoms with Gasteiger partial charge in [0, 0.05) is 58.2 Å². The summed E-state index contributed by atoms with van der Waals surface area (Å²) in [6.45, 7) is 7.82. The molecule has 2 aromatic rings. The second-order valence-corrected chi connectivity index (χ2v) is 6.79. The first-order valence-electron chi connectivity index (χ1n) is 9.00. The molecule has 3 heterocycles. The lowest BCUT2D eigenvalue weighted by atomic mass is 10.1. The van der Waals surface area contributed by atoms with Gasteiger partial charge in [0.1, 0.15) is 5.76 Å². The van der Waals surface area contributed by atoms with Gasteiger partial charge in [-0.15, -0.1) is 0 Å². The molecule has 0 radical (unpaired) electrons. The second-order valence-electron chi connectivity index (χ2n) is 6.79. The first kappa shape index (κ1) is 18.6. The number of aryl methyl sites for hydroxylation is 3. The highest BCUT2D eigenvalue weighted by molar-refractivity contribution is 5.34. The fraction of sp³-hybridized carbons (Fsp3) is 0.611. The number of morpholine rings is 1. The van der Waals surface area contributed by atoms with E-state index in [-0.39, 0.29) is 11.7 Å². The Kier molecular flexibility index (Phi) is 5.73. The Morgan fingerprint density at radius 2 is 2.23 bits per heavy atom. The van der Waals surface area contributed by atoms with Crippen LogP contribution in [0.15, 0.2) is 21.7 Å². The highest BCUT2D eigenvalue weighted by Crippen LogP contribution is 2.18. The lowest BCUT2D eigenvalue weighted by Gasteiger charge is -2.34. The van der Waals surface area contributed by atoms with Crippen LogP contribution in [-0.4, -0.2) is 59.0 Å². The lowest BCUT2D eigenvalue weighted by Crippen LogP contribution is -2.47. The van der Waals surface area contributed by atoms with Gasteiger partial charge in [0.25, 0.3) is 5.56 Å². The predicted molar refractivity (Wildman–Crippen MR) is 98.4 cm³/mol. The number of aromatic nitrogens is 3. The minimum absolute atomic E-state index is 0.0192. The van der Waals surface area contributed by atoms with E-state index in [2.05, 4.69) is 22.0 Å². The van der Waals surface area contributed by atoms with Crippen LogP contribution in [0.1, 0.15) is 23.9 Å². The summed E-state index contributed by atoms with van der Waals surface area (Å²) in [6, 6.07) is 0. The van der Waals surface area contributed by atoms with E-state index in [0.29, 0.717) is 19.0 Å². The minimum Gasteiger partial charge on any atom is -0.374 e. The molecule has 0 saturated carbocycles. The van der Waals surface area contributed by atoms with Crippen molar-refractivity contribution < 1.29 is 9.26 Å². The number of rotatable bonds is 6. The molecule has 1 fully saturated rings. The van der Waals surface area contributed by atoms with Crippen LogP contribution in [0.2, 0.25) is 0 Å². The number of likely N-dealkylation sites (N-methyl/N-ethyl adjacent to an activating group) is 1. The van der Waals surface area contributed by atoms with Crippen molar-refractivity contribution in [2.45, 2.75) is 32.9 Å². The first-order valence-corrected chi connectivity index (χ1v) is 9.00. The normalized spacial score (nSPS) is 18.2. The zero-order chi connectivity index (χ0) is 18.7. The molecule has 1 aliphatic rings. The third kappa shape index (κ3) is 3.96. The maximum absolute atomic E-state index is 12.2. The zero-order valence-electron chi connectivity index (χ0n) is 15.9. The van der Waals surface area contributed by atoms with Gasteiger partial charge in [-0.05, 0) is 13.3 Å². The maximum atomic E-state index is 12.2. The molecule has 2 aromatic heterocycles. The van der Waals surface area contributed by atoms with Crippen molar-refractivity contribution in [3.63, 3.8) is 0 Å². The summed E-state index contributed by atoms with van der Waals surface area (Å²) in [7, 11) is 3.61. The van der Waals surface area contributed by atoms with E-state index in [9.17, 15) is 4.79 Å². The average Bonchev–Trinajstić information content (AvgIpc) is 2.97. The van der Waals surface area contributed by atoms with Gasteiger partial charge < -0.3 is 18.7 Å². The average molecular weight is 361 g/mol. The number of ether oxygens (including phenoxy) is 1. The molecule has 26 heavy (non-hydrogen) atoms. The van der Waals surface area contributed by atoms with Crippen molar-refractivity contribution in [2.24, 2.45) is 7.05 Å². The van der Waals surface area contributed by atoms with E-state index in [0.717, 1.165) is 37.5 Å². The number of nitrogens with zero attached hydrogens (tertiary/aromatic N) is 5. The van der Waals surface area contributed by atoms with Crippen LogP contribution in [0, 0.1) is 6.92 Å². The van der Waals surface area contributed by atoms with Crippen LogP contribution in [0.3, 0.4) is 0 Å². The smallest absolute Gasteiger partial charge is 0.293 e. The summed E-state index contributed by atoms with van der Waals surface area (Å²) >= 11 is 0. The van der Waals surface area contributed by atoms with Crippen molar-refractivity contribution in [3.8, 4) is 0 Å². The number of hydrogen-bond donors (Lipinski definition) is 0. The van der Waals surface area contributed by atoms with E-state index < -0.39 is 0 Å². The molecule has 0 amide bonds. The number of hydrogen-bond acceptors (Lipinski definition) is 7. The Morgan fingerprint density at radius 3 is 3.00 bits per heavy atom. The van der Waals surface area contributed by atoms with Crippen LogP contribution < -0.4 is 10.5 Å². The largest absolute Gasteiger partial charge is 0.374 e. The monoisotopic (exact) mass is 361 g/mol.